The van der Waals surface area contributed by atoms with Crippen molar-refractivity contribution in [2.24, 2.45) is 0 Å². The molecule has 0 radical (unpaired) electrons. The summed E-state index contributed by atoms with van der Waals surface area (Å²) in [5, 5.41) is 4.73. The van der Waals surface area contributed by atoms with E-state index in [0.29, 0.717) is 0 Å². The SMILES string of the molecule is Brc1ccccc1-c1cccc(-c2ccc3c(c2)c2ccccc2n3-c2cccc3c2oc2ccccc23)c1. The number of para-hydroxylation sites is 3. The largest absolute Gasteiger partial charge is 0.454 e. The molecule has 0 saturated heterocycles. The number of aromatic nitrogens is 1. The fourth-order valence-electron chi connectivity index (χ4n) is 5.88. The number of furan rings is 1. The van der Waals surface area contributed by atoms with Gasteiger partial charge < -0.3 is 8.98 Å². The molecule has 0 aliphatic carbocycles. The van der Waals surface area contributed by atoms with Gasteiger partial charge in [-0.25, -0.2) is 0 Å². The lowest BCUT2D eigenvalue weighted by Gasteiger charge is -2.10. The van der Waals surface area contributed by atoms with Gasteiger partial charge in [0, 0.05) is 26.0 Å². The predicted molar refractivity (Wildman–Crippen MR) is 167 cm³/mol. The van der Waals surface area contributed by atoms with Crippen LogP contribution in [0.2, 0.25) is 0 Å². The molecular weight excluding hydrogens is 542 g/mol. The zero-order valence-electron chi connectivity index (χ0n) is 20.9. The third-order valence-corrected chi connectivity index (χ3v) is 8.37. The van der Waals surface area contributed by atoms with Crippen molar-refractivity contribution < 1.29 is 4.42 Å². The number of rotatable bonds is 3. The molecule has 0 saturated carbocycles. The highest BCUT2D eigenvalue weighted by molar-refractivity contribution is 9.10. The van der Waals surface area contributed by atoms with Crippen LogP contribution in [0.4, 0.5) is 0 Å². The number of nitrogens with zero attached hydrogens (tertiary/aromatic N) is 1. The molecule has 0 aliphatic rings. The van der Waals surface area contributed by atoms with Crippen molar-refractivity contribution in [2.45, 2.75) is 0 Å². The van der Waals surface area contributed by atoms with Crippen LogP contribution in [-0.2, 0) is 0 Å². The molecule has 0 spiro atoms. The second-order valence-corrected chi connectivity index (χ2v) is 10.8. The van der Waals surface area contributed by atoms with Crippen LogP contribution in [0.5, 0.6) is 0 Å². The Balaban J connectivity index is 1.36. The van der Waals surface area contributed by atoms with Crippen LogP contribution in [0, 0.1) is 0 Å². The molecule has 0 aliphatic heterocycles. The summed E-state index contributed by atoms with van der Waals surface area (Å²) in [5.74, 6) is 0. The Morgan fingerprint density at radius 2 is 1.18 bits per heavy atom. The minimum Gasteiger partial charge on any atom is -0.454 e. The lowest BCUT2D eigenvalue weighted by molar-refractivity contribution is 0.666. The fourth-order valence-corrected chi connectivity index (χ4v) is 6.40. The Labute approximate surface area is 233 Å². The normalized spacial score (nSPS) is 11.7. The molecule has 6 aromatic carbocycles. The number of benzene rings is 6. The quantitative estimate of drug-likeness (QED) is 0.209. The average molecular weight is 564 g/mol. The van der Waals surface area contributed by atoms with Gasteiger partial charge in [0.25, 0.3) is 0 Å². The first kappa shape index (κ1) is 22.4. The summed E-state index contributed by atoms with van der Waals surface area (Å²) in [5.41, 5.74) is 9.98. The zero-order chi connectivity index (χ0) is 25.9. The van der Waals surface area contributed by atoms with Crippen molar-refractivity contribution in [1.82, 2.24) is 4.57 Å². The van der Waals surface area contributed by atoms with E-state index in [2.05, 4.69) is 136 Å². The third kappa shape index (κ3) is 3.47. The fraction of sp³-hybridized carbons (Fsp3) is 0. The predicted octanol–water partition coefficient (Wildman–Crippen LogP) is 10.8. The minimum absolute atomic E-state index is 0.909. The first-order chi connectivity index (χ1) is 19.3. The first-order valence-electron chi connectivity index (χ1n) is 13.1. The molecule has 3 heteroatoms. The van der Waals surface area contributed by atoms with E-state index in [1.807, 2.05) is 18.2 Å². The van der Waals surface area contributed by atoms with Crippen molar-refractivity contribution >= 4 is 59.7 Å². The number of hydrogen-bond acceptors (Lipinski definition) is 1. The van der Waals surface area contributed by atoms with Crippen molar-refractivity contribution in [2.75, 3.05) is 0 Å². The van der Waals surface area contributed by atoms with Gasteiger partial charge in [-0.1, -0.05) is 107 Å². The van der Waals surface area contributed by atoms with Gasteiger partial charge in [0.15, 0.2) is 5.58 Å². The molecule has 0 fully saturated rings. The maximum Gasteiger partial charge on any atom is 0.159 e. The molecule has 2 aromatic heterocycles. The van der Waals surface area contributed by atoms with Gasteiger partial charge in [0.05, 0.1) is 16.7 Å². The smallest absolute Gasteiger partial charge is 0.159 e. The van der Waals surface area contributed by atoms with Crippen molar-refractivity contribution in [3.8, 4) is 27.9 Å². The minimum atomic E-state index is 0.909. The maximum absolute atomic E-state index is 6.44. The Kier molecular flexibility index (Phi) is 5.01. The van der Waals surface area contributed by atoms with E-state index in [1.165, 1.54) is 38.5 Å². The second-order valence-electron chi connectivity index (χ2n) is 9.90. The second kappa shape index (κ2) is 8.72. The summed E-state index contributed by atoms with van der Waals surface area (Å²) in [7, 11) is 0. The molecule has 39 heavy (non-hydrogen) atoms. The lowest BCUT2D eigenvalue weighted by atomic mass is 9.98. The van der Waals surface area contributed by atoms with Gasteiger partial charge in [0.1, 0.15) is 5.58 Å². The molecule has 0 N–H and O–H groups in total. The molecule has 0 amide bonds. The van der Waals surface area contributed by atoms with Crippen LogP contribution in [-0.4, -0.2) is 4.57 Å². The summed E-state index contributed by atoms with van der Waals surface area (Å²) >= 11 is 3.72. The Morgan fingerprint density at radius 1 is 0.487 bits per heavy atom. The Hall–Kier alpha value is -4.60. The van der Waals surface area contributed by atoms with Gasteiger partial charge in [-0.15, -0.1) is 0 Å². The van der Waals surface area contributed by atoms with Gasteiger partial charge in [0.2, 0.25) is 0 Å². The van der Waals surface area contributed by atoms with Crippen LogP contribution >= 0.6 is 15.9 Å². The summed E-state index contributed by atoms with van der Waals surface area (Å²) in [4.78, 5) is 0. The molecule has 8 aromatic rings. The summed E-state index contributed by atoms with van der Waals surface area (Å²) < 4.78 is 9.88. The van der Waals surface area contributed by atoms with Crippen LogP contribution in [0.3, 0.4) is 0 Å². The molecular formula is C36H22BrNO. The van der Waals surface area contributed by atoms with E-state index in [0.717, 1.165) is 37.6 Å². The van der Waals surface area contributed by atoms with E-state index < -0.39 is 0 Å². The average Bonchev–Trinajstić information content (AvgIpc) is 3.53. The van der Waals surface area contributed by atoms with Crippen LogP contribution < -0.4 is 0 Å². The molecule has 0 unspecified atom stereocenters. The molecule has 2 heterocycles. The summed E-state index contributed by atoms with van der Waals surface area (Å²) in [6.07, 6.45) is 0. The van der Waals surface area contributed by atoms with Gasteiger partial charge in [-0.05, 0) is 64.7 Å². The lowest BCUT2D eigenvalue weighted by Crippen LogP contribution is -1.94. The topological polar surface area (TPSA) is 18.1 Å². The highest BCUT2D eigenvalue weighted by atomic mass is 79.9. The van der Waals surface area contributed by atoms with Gasteiger partial charge in [-0.2, -0.15) is 0 Å². The maximum atomic E-state index is 6.44. The molecule has 2 nitrogen and oxygen atoms in total. The Bertz CT molecular complexity index is 2200. The van der Waals surface area contributed by atoms with Crippen LogP contribution in [0.15, 0.2) is 142 Å². The van der Waals surface area contributed by atoms with E-state index in [-0.39, 0.29) is 0 Å². The summed E-state index contributed by atoms with van der Waals surface area (Å²) in [6, 6.07) is 47.3. The van der Waals surface area contributed by atoms with E-state index in [1.54, 1.807) is 0 Å². The van der Waals surface area contributed by atoms with Crippen molar-refractivity contribution in [3.05, 3.63) is 138 Å². The highest BCUT2D eigenvalue weighted by Gasteiger charge is 2.18. The monoisotopic (exact) mass is 563 g/mol. The standard InChI is InChI=1S/C36H22BrNO/c37-31-15-4-1-11-26(31)25-10-7-9-23(21-25)24-19-20-33-30(22-24)27-12-2-5-16-32(27)38(33)34-17-8-14-29-28-13-3-6-18-35(28)39-36(29)34/h1-22H. The van der Waals surface area contributed by atoms with Crippen molar-refractivity contribution in [3.63, 3.8) is 0 Å². The summed E-state index contributed by atoms with van der Waals surface area (Å²) in [6.45, 7) is 0. The van der Waals surface area contributed by atoms with E-state index in [9.17, 15) is 0 Å². The number of fused-ring (bicyclic) bond motifs is 6. The Morgan fingerprint density at radius 3 is 2.10 bits per heavy atom. The number of halogens is 1. The highest BCUT2D eigenvalue weighted by Crippen LogP contribution is 2.39. The molecule has 0 atom stereocenters. The van der Waals surface area contributed by atoms with E-state index in [4.69, 9.17) is 4.42 Å². The number of hydrogen-bond donors (Lipinski definition) is 0. The first-order valence-corrected chi connectivity index (χ1v) is 13.8. The molecule has 0 bridgehead atoms. The third-order valence-electron chi connectivity index (χ3n) is 7.68. The molecule has 184 valence electrons. The van der Waals surface area contributed by atoms with Gasteiger partial charge >= 0.3 is 0 Å². The van der Waals surface area contributed by atoms with E-state index >= 15 is 0 Å². The van der Waals surface area contributed by atoms with Crippen LogP contribution in [0.25, 0.3) is 71.7 Å². The van der Waals surface area contributed by atoms with Crippen LogP contribution in [0.1, 0.15) is 0 Å². The van der Waals surface area contributed by atoms with Crippen molar-refractivity contribution in [1.29, 1.82) is 0 Å². The molecule has 8 rings (SSSR count). The zero-order valence-corrected chi connectivity index (χ0v) is 22.5. The van der Waals surface area contributed by atoms with Gasteiger partial charge in [-0.3, -0.25) is 0 Å².